The van der Waals surface area contributed by atoms with Gasteiger partial charge in [0.2, 0.25) is 0 Å². The van der Waals surface area contributed by atoms with E-state index in [0.29, 0.717) is 11.3 Å². The van der Waals surface area contributed by atoms with Crippen LogP contribution in [-0.4, -0.2) is 21.9 Å². The van der Waals surface area contributed by atoms with Gasteiger partial charge < -0.3 is 10.4 Å². The molecule has 0 spiro atoms. The number of rotatable bonds is 4. The van der Waals surface area contributed by atoms with Crippen molar-refractivity contribution >= 4 is 33.1 Å². The fourth-order valence-electron chi connectivity index (χ4n) is 0.809. The summed E-state index contributed by atoms with van der Waals surface area (Å²) in [4.78, 5) is 3.19. The minimum absolute atomic E-state index is 0.0635. The Labute approximate surface area is 103 Å². The van der Waals surface area contributed by atoms with Gasteiger partial charge in [-0.2, -0.15) is 13.2 Å². The van der Waals surface area contributed by atoms with Crippen molar-refractivity contribution in [3.8, 4) is 0 Å². The van der Waals surface area contributed by atoms with Gasteiger partial charge in [-0.15, -0.1) is 0 Å². The maximum absolute atomic E-state index is 12.2. The Morgan fingerprint density at radius 2 is 2.29 bits per heavy atom. The first-order valence-corrected chi connectivity index (χ1v) is 5.38. The molecule has 0 bridgehead atoms. The molecule has 0 aromatic carbocycles. The highest BCUT2D eigenvalue weighted by molar-refractivity contribution is 7.15. The highest BCUT2D eigenvalue weighted by Crippen LogP contribution is 2.34. The fourth-order valence-corrected chi connectivity index (χ4v) is 1.58. The quantitative estimate of drug-likeness (QED) is 0.745. The summed E-state index contributed by atoms with van der Waals surface area (Å²) < 4.78 is 36.6. The van der Waals surface area contributed by atoms with Crippen LogP contribution in [-0.2, 0) is 6.18 Å². The van der Waals surface area contributed by atoms with E-state index < -0.39 is 17.8 Å². The summed E-state index contributed by atoms with van der Waals surface area (Å²) in [5, 5.41) is 17.1. The van der Waals surface area contributed by atoms with Gasteiger partial charge in [0.25, 0.3) is 0 Å². The number of nitrogens with one attached hydrogen (secondary N) is 2. The van der Waals surface area contributed by atoms with Crippen molar-refractivity contribution in [2.75, 3.05) is 11.9 Å². The highest BCUT2D eigenvalue weighted by atomic mass is 35.5. The number of hydrogen-bond acceptors (Lipinski definition) is 5. The first-order valence-electron chi connectivity index (χ1n) is 4.18. The molecule has 4 nitrogen and oxygen atoms in total. The van der Waals surface area contributed by atoms with Crippen molar-refractivity contribution in [2.45, 2.75) is 6.18 Å². The molecule has 0 saturated heterocycles. The van der Waals surface area contributed by atoms with Crippen LogP contribution in [0.2, 0.25) is 0 Å². The molecule has 0 atom stereocenters. The monoisotopic (exact) mass is 285 g/mol. The summed E-state index contributed by atoms with van der Waals surface area (Å²) in [5.41, 5.74) is 0.0635. The number of aliphatic hydroxyl groups excluding tert-OH is 1. The molecule has 3 N–H and O–H groups in total. The van der Waals surface area contributed by atoms with E-state index in [1.807, 2.05) is 0 Å². The van der Waals surface area contributed by atoms with E-state index in [1.54, 1.807) is 0 Å². The van der Waals surface area contributed by atoms with Crippen LogP contribution in [0.3, 0.4) is 0 Å². The molecule has 1 rings (SSSR count). The number of aromatic nitrogens is 1. The van der Waals surface area contributed by atoms with Crippen molar-refractivity contribution in [3.63, 3.8) is 0 Å². The van der Waals surface area contributed by atoms with Crippen molar-refractivity contribution in [1.29, 1.82) is 5.41 Å². The Balaban J connectivity index is 2.77. The average molecular weight is 286 g/mol. The molecule has 9 heteroatoms. The summed E-state index contributed by atoms with van der Waals surface area (Å²) >= 11 is 5.73. The van der Waals surface area contributed by atoms with Gasteiger partial charge in [0, 0.05) is 11.8 Å². The Hall–Kier alpha value is -1.12. The van der Waals surface area contributed by atoms with E-state index >= 15 is 0 Å². The van der Waals surface area contributed by atoms with E-state index in [-0.39, 0.29) is 15.7 Å². The zero-order valence-electron chi connectivity index (χ0n) is 8.18. The first kappa shape index (κ1) is 13.9. The van der Waals surface area contributed by atoms with Gasteiger partial charge in [-0.1, -0.05) is 22.9 Å². The lowest BCUT2D eigenvalue weighted by Crippen LogP contribution is -2.03. The molecule has 0 unspecified atom stereocenters. The van der Waals surface area contributed by atoms with E-state index in [4.69, 9.17) is 22.1 Å². The molecule has 0 aliphatic carbocycles. The van der Waals surface area contributed by atoms with Crippen LogP contribution in [0.15, 0.2) is 18.0 Å². The van der Waals surface area contributed by atoms with Crippen molar-refractivity contribution in [3.05, 3.63) is 23.0 Å². The van der Waals surface area contributed by atoms with Crippen molar-refractivity contribution < 1.29 is 18.3 Å². The smallest absolute Gasteiger partial charge is 0.392 e. The minimum atomic E-state index is -4.48. The molecular weight excluding hydrogens is 279 g/mol. The van der Waals surface area contributed by atoms with Gasteiger partial charge in [-0.25, -0.2) is 4.98 Å². The van der Waals surface area contributed by atoms with E-state index in [0.717, 1.165) is 12.4 Å². The molecular formula is C8H7ClF3N3OS. The van der Waals surface area contributed by atoms with Crippen molar-refractivity contribution in [2.24, 2.45) is 0 Å². The molecule has 0 radical (unpaired) electrons. The van der Waals surface area contributed by atoms with Crippen LogP contribution in [0.1, 0.15) is 5.01 Å². The maximum atomic E-state index is 12.2. The lowest BCUT2D eigenvalue weighted by molar-refractivity contribution is -0.137. The topological polar surface area (TPSA) is 69.0 Å². The molecule has 1 heterocycles. The third-order valence-electron chi connectivity index (χ3n) is 1.59. The molecule has 0 amide bonds. The molecule has 0 aliphatic rings. The minimum Gasteiger partial charge on any atom is -0.392 e. The second-order valence-electron chi connectivity index (χ2n) is 2.81. The summed E-state index contributed by atoms with van der Waals surface area (Å²) in [5.74, 6) is 0. The second kappa shape index (κ2) is 5.48. The average Bonchev–Trinajstić information content (AvgIpc) is 2.66. The predicted octanol–water partition coefficient (Wildman–Crippen LogP) is 2.67. The molecule has 1 aromatic rings. The number of nitrogens with zero attached hydrogens (tertiary/aromatic N) is 1. The summed E-state index contributed by atoms with van der Waals surface area (Å²) in [6.07, 6.45) is -2.31. The summed E-state index contributed by atoms with van der Waals surface area (Å²) in [7, 11) is 0. The van der Waals surface area contributed by atoms with Crippen LogP contribution < -0.4 is 5.32 Å². The molecule has 0 aliphatic heterocycles. The van der Waals surface area contributed by atoms with E-state index in [1.165, 1.54) is 0 Å². The van der Waals surface area contributed by atoms with Crippen LogP contribution in [0.25, 0.3) is 0 Å². The van der Waals surface area contributed by atoms with Gasteiger partial charge >= 0.3 is 6.18 Å². The lowest BCUT2D eigenvalue weighted by atomic mass is 10.3. The Kier molecular flexibility index (Phi) is 4.49. The van der Waals surface area contributed by atoms with Gasteiger partial charge in [-0.05, 0) is 0 Å². The van der Waals surface area contributed by atoms with E-state index in [2.05, 4.69) is 10.3 Å². The number of thiazole rings is 1. The van der Waals surface area contributed by atoms with Crippen LogP contribution in [0.5, 0.6) is 0 Å². The number of anilines is 1. The van der Waals surface area contributed by atoms with Gasteiger partial charge in [0.05, 0.1) is 12.8 Å². The number of alkyl halides is 3. The number of aliphatic hydroxyl groups is 1. The largest absolute Gasteiger partial charge is 0.443 e. The molecule has 17 heavy (non-hydrogen) atoms. The number of halogens is 4. The maximum Gasteiger partial charge on any atom is 0.443 e. The van der Waals surface area contributed by atoms with Crippen LogP contribution >= 0.6 is 22.9 Å². The zero-order valence-corrected chi connectivity index (χ0v) is 9.75. The SMILES string of the molecule is N=C(Cl)/C(=C\Nc1cnc(C(F)(F)F)s1)CO. The molecule has 94 valence electrons. The third kappa shape index (κ3) is 3.99. The Bertz CT molecular complexity index is 443. The molecule has 1 aromatic heterocycles. The van der Waals surface area contributed by atoms with Crippen LogP contribution in [0, 0.1) is 5.41 Å². The first-order chi connectivity index (χ1) is 7.84. The molecule has 0 saturated carbocycles. The van der Waals surface area contributed by atoms with Gasteiger partial charge in [-0.3, -0.25) is 5.41 Å². The Morgan fingerprint density at radius 3 is 2.71 bits per heavy atom. The number of hydrogen-bond donors (Lipinski definition) is 3. The summed E-state index contributed by atoms with van der Waals surface area (Å²) in [6.45, 7) is -0.486. The van der Waals surface area contributed by atoms with Crippen molar-refractivity contribution in [1.82, 2.24) is 4.98 Å². The van der Waals surface area contributed by atoms with E-state index in [9.17, 15) is 13.2 Å². The normalized spacial score (nSPS) is 12.6. The van der Waals surface area contributed by atoms with Gasteiger partial charge in [0.15, 0.2) is 5.01 Å². The predicted molar refractivity (Wildman–Crippen MR) is 59.5 cm³/mol. The molecule has 0 fully saturated rings. The van der Waals surface area contributed by atoms with Gasteiger partial charge in [0.1, 0.15) is 10.2 Å². The lowest BCUT2D eigenvalue weighted by Gasteiger charge is -2.01. The standard InChI is InChI=1S/C8H7ClF3N3OS/c9-6(13)4(3-16)1-14-5-2-15-7(17-5)8(10,11)12/h1-2,13-14,16H,3H2/b4-1-,13-6?. The fraction of sp³-hybridized carbons (Fsp3) is 0.250. The zero-order chi connectivity index (χ0) is 13.1. The van der Waals surface area contributed by atoms with Crippen LogP contribution in [0.4, 0.5) is 18.2 Å². The highest BCUT2D eigenvalue weighted by Gasteiger charge is 2.34. The Morgan fingerprint density at radius 1 is 1.65 bits per heavy atom. The second-order valence-corrected chi connectivity index (χ2v) is 4.22. The summed E-state index contributed by atoms with van der Waals surface area (Å²) in [6, 6.07) is 0. The third-order valence-corrected chi connectivity index (χ3v) is 2.81.